The Balaban J connectivity index is 2.08. The molecule has 0 radical (unpaired) electrons. The van der Waals surface area contributed by atoms with Gasteiger partial charge in [-0.2, -0.15) is 0 Å². The Kier molecular flexibility index (Phi) is 3.86. The van der Waals surface area contributed by atoms with Crippen molar-refractivity contribution in [2.24, 2.45) is 0 Å². The minimum atomic E-state index is 0.220. The van der Waals surface area contributed by atoms with Gasteiger partial charge in [0.25, 0.3) is 0 Å². The van der Waals surface area contributed by atoms with Gasteiger partial charge in [0.1, 0.15) is 5.88 Å². The van der Waals surface area contributed by atoms with Crippen molar-refractivity contribution in [2.75, 3.05) is 11.9 Å². The average Bonchev–Trinajstić information content (AvgIpc) is 2.77. The van der Waals surface area contributed by atoms with Crippen molar-refractivity contribution in [3.05, 3.63) is 40.7 Å². The van der Waals surface area contributed by atoms with Crippen molar-refractivity contribution in [1.82, 2.24) is 10.2 Å². The average molecular weight is 272 g/mol. The zero-order chi connectivity index (χ0) is 12.3. The summed E-state index contributed by atoms with van der Waals surface area (Å²) in [4.78, 5) is 1.84. The molecule has 0 amide bonds. The third kappa shape index (κ3) is 3.11. The minimum Gasteiger partial charge on any atom is -0.407 e. The highest BCUT2D eigenvalue weighted by atomic mass is 35.5. The summed E-state index contributed by atoms with van der Waals surface area (Å²) in [6.45, 7) is 0.643. The lowest BCUT2D eigenvalue weighted by Crippen LogP contribution is -2.16. The van der Waals surface area contributed by atoms with Gasteiger partial charge < -0.3 is 9.32 Å². The predicted molar refractivity (Wildman–Crippen MR) is 67.4 cm³/mol. The molecule has 2 rings (SSSR count). The Labute approximate surface area is 109 Å². The van der Waals surface area contributed by atoms with Gasteiger partial charge in [-0.1, -0.05) is 28.8 Å². The monoisotopic (exact) mass is 271 g/mol. The first-order valence-corrected chi connectivity index (χ1v) is 5.94. The molecule has 0 N–H and O–H groups in total. The number of aromatic nitrogens is 2. The maximum absolute atomic E-state index is 5.91. The van der Waals surface area contributed by atoms with Gasteiger partial charge in [-0.15, -0.1) is 16.7 Å². The Morgan fingerprint density at radius 1 is 1.35 bits per heavy atom. The summed E-state index contributed by atoms with van der Waals surface area (Å²) in [5, 5.41) is 8.41. The number of benzene rings is 1. The summed E-state index contributed by atoms with van der Waals surface area (Å²) in [5.41, 5.74) is 1.07. The van der Waals surface area contributed by atoms with Crippen molar-refractivity contribution in [2.45, 2.75) is 12.4 Å². The molecule has 6 heteroatoms. The van der Waals surface area contributed by atoms with Crippen LogP contribution in [0.25, 0.3) is 0 Å². The molecule has 0 spiro atoms. The summed E-state index contributed by atoms with van der Waals surface area (Å²) >= 11 is 11.5. The highest BCUT2D eigenvalue weighted by molar-refractivity contribution is 6.30. The highest BCUT2D eigenvalue weighted by Crippen LogP contribution is 2.17. The largest absolute Gasteiger partial charge is 0.407 e. The smallest absolute Gasteiger partial charge is 0.318 e. The Morgan fingerprint density at radius 3 is 2.82 bits per heavy atom. The maximum atomic E-state index is 5.91. The van der Waals surface area contributed by atoms with E-state index < -0.39 is 0 Å². The summed E-state index contributed by atoms with van der Waals surface area (Å²) in [5.74, 6) is 0.637. The molecule has 90 valence electrons. The van der Waals surface area contributed by atoms with Crippen LogP contribution in [0, 0.1) is 0 Å². The van der Waals surface area contributed by atoms with Crippen LogP contribution >= 0.6 is 23.2 Å². The van der Waals surface area contributed by atoms with E-state index in [1.165, 1.54) is 0 Å². The summed E-state index contributed by atoms with van der Waals surface area (Å²) in [6.07, 6.45) is 0. The van der Waals surface area contributed by atoms with Crippen LogP contribution in [-0.2, 0) is 12.4 Å². The normalized spacial score (nSPS) is 10.5. The molecular weight excluding hydrogens is 261 g/mol. The summed E-state index contributed by atoms with van der Waals surface area (Å²) in [6, 6.07) is 8.07. The molecule has 0 saturated heterocycles. The van der Waals surface area contributed by atoms with Gasteiger partial charge in [0.15, 0.2) is 0 Å². The van der Waals surface area contributed by atoms with Gasteiger partial charge in [0, 0.05) is 18.6 Å². The molecule has 0 aliphatic rings. The van der Waals surface area contributed by atoms with Crippen LogP contribution in [0.15, 0.2) is 28.7 Å². The zero-order valence-corrected chi connectivity index (χ0v) is 10.7. The van der Waals surface area contributed by atoms with E-state index >= 15 is 0 Å². The van der Waals surface area contributed by atoms with E-state index in [4.69, 9.17) is 27.6 Å². The number of rotatable bonds is 4. The molecule has 1 heterocycles. The minimum absolute atomic E-state index is 0.220. The molecular formula is C11H11Cl2N3O. The molecule has 1 aromatic heterocycles. The number of halogens is 2. The van der Waals surface area contributed by atoms with E-state index in [0.717, 1.165) is 5.56 Å². The molecule has 0 aliphatic heterocycles. The molecule has 0 atom stereocenters. The van der Waals surface area contributed by atoms with E-state index in [0.29, 0.717) is 23.5 Å². The highest BCUT2D eigenvalue weighted by Gasteiger charge is 2.10. The lowest BCUT2D eigenvalue weighted by atomic mass is 10.2. The molecule has 2 aromatic rings. The second-order valence-electron chi connectivity index (χ2n) is 3.60. The number of alkyl halides is 1. The Hall–Kier alpha value is -1.26. The first-order chi connectivity index (χ1) is 8.19. The quantitative estimate of drug-likeness (QED) is 0.802. The molecule has 0 unspecified atom stereocenters. The third-order valence-electron chi connectivity index (χ3n) is 2.21. The van der Waals surface area contributed by atoms with Crippen LogP contribution in [0.3, 0.4) is 0 Å². The van der Waals surface area contributed by atoms with Crippen molar-refractivity contribution in [3.63, 3.8) is 0 Å². The standard InChI is InChI=1S/C11H11Cl2N3O/c1-16(11-15-14-10(6-12)17-11)7-8-3-2-4-9(13)5-8/h2-5H,6-7H2,1H3. The third-order valence-corrected chi connectivity index (χ3v) is 2.67. The van der Waals surface area contributed by atoms with E-state index in [1.54, 1.807) is 0 Å². The van der Waals surface area contributed by atoms with Gasteiger partial charge in [-0.25, -0.2) is 0 Å². The molecule has 0 saturated carbocycles. The SMILES string of the molecule is CN(Cc1cccc(Cl)c1)c1nnc(CCl)o1. The topological polar surface area (TPSA) is 42.2 Å². The number of hydrogen-bond donors (Lipinski definition) is 0. The van der Waals surface area contributed by atoms with Crippen LogP contribution < -0.4 is 4.90 Å². The summed E-state index contributed by atoms with van der Waals surface area (Å²) < 4.78 is 5.34. The molecule has 1 aromatic carbocycles. The number of nitrogens with zero attached hydrogens (tertiary/aromatic N) is 3. The van der Waals surface area contributed by atoms with Gasteiger partial charge in [-0.05, 0) is 17.7 Å². The maximum Gasteiger partial charge on any atom is 0.318 e. The fourth-order valence-electron chi connectivity index (χ4n) is 1.43. The first-order valence-electron chi connectivity index (χ1n) is 5.03. The number of hydrogen-bond acceptors (Lipinski definition) is 4. The molecule has 4 nitrogen and oxygen atoms in total. The lowest BCUT2D eigenvalue weighted by Gasteiger charge is -2.13. The van der Waals surface area contributed by atoms with Crippen molar-refractivity contribution < 1.29 is 4.42 Å². The second-order valence-corrected chi connectivity index (χ2v) is 4.30. The fraction of sp³-hybridized carbons (Fsp3) is 0.273. The fourth-order valence-corrected chi connectivity index (χ4v) is 1.75. The van der Waals surface area contributed by atoms with E-state index in [-0.39, 0.29) is 5.88 Å². The predicted octanol–water partition coefficient (Wildman–Crippen LogP) is 3.10. The number of anilines is 1. The molecule has 17 heavy (non-hydrogen) atoms. The van der Waals surface area contributed by atoms with Gasteiger partial charge >= 0.3 is 6.01 Å². The zero-order valence-electron chi connectivity index (χ0n) is 9.23. The van der Waals surface area contributed by atoms with Crippen molar-refractivity contribution >= 4 is 29.2 Å². The van der Waals surface area contributed by atoms with E-state index in [1.807, 2.05) is 36.2 Å². The van der Waals surface area contributed by atoms with Gasteiger partial charge in [0.2, 0.25) is 5.89 Å². The molecule has 0 aliphatic carbocycles. The van der Waals surface area contributed by atoms with Crippen molar-refractivity contribution in [1.29, 1.82) is 0 Å². The van der Waals surface area contributed by atoms with E-state index in [2.05, 4.69) is 10.2 Å². The second kappa shape index (κ2) is 5.38. The van der Waals surface area contributed by atoms with Crippen LogP contribution in [0.5, 0.6) is 0 Å². The van der Waals surface area contributed by atoms with Crippen LogP contribution in [0.4, 0.5) is 6.01 Å². The molecule has 0 fully saturated rings. The van der Waals surface area contributed by atoms with E-state index in [9.17, 15) is 0 Å². The van der Waals surface area contributed by atoms with Gasteiger partial charge in [-0.3, -0.25) is 0 Å². The molecule has 0 bridgehead atoms. The Morgan fingerprint density at radius 2 is 2.18 bits per heavy atom. The van der Waals surface area contributed by atoms with Crippen LogP contribution in [0.2, 0.25) is 5.02 Å². The lowest BCUT2D eigenvalue weighted by molar-refractivity contribution is 0.506. The summed E-state index contributed by atoms with van der Waals surface area (Å²) in [7, 11) is 1.87. The first kappa shape index (κ1) is 12.2. The van der Waals surface area contributed by atoms with Gasteiger partial charge in [0.05, 0.1) is 0 Å². The van der Waals surface area contributed by atoms with Crippen LogP contribution in [-0.4, -0.2) is 17.2 Å². The van der Waals surface area contributed by atoms with Crippen LogP contribution in [0.1, 0.15) is 11.5 Å². The Bertz CT molecular complexity index is 501. The van der Waals surface area contributed by atoms with Crippen molar-refractivity contribution in [3.8, 4) is 0 Å².